The zero-order valence-corrected chi connectivity index (χ0v) is 19.7. The molecule has 2 N–H and O–H groups in total. The summed E-state index contributed by atoms with van der Waals surface area (Å²) in [4.78, 5) is 16.2. The molecule has 6 nitrogen and oxygen atoms in total. The highest BCUT2D eigenvalue weighted by atomic mass is 35.5. The maximum Gasteiger partial charge on any atom is 0.573 e. The predicted molar refractivity (Wildman–Crippen MR) is 124 cm³/mol. The summed E-state index contributed by atoms with van der Waals surface area (Å²) in [7, 11) is 0. The first-order valence-electron chi connectivity index (χ1n) is 10.9. The van der Waals surface area contributed by atoms with Crippen LogP contribution < -0.4 is 10.1 Å². The van der Waals surface area contributed by atoms with Crippen LogP contribution >= 0.6 is 11.6 Å². The Hall–Kier alpha value is -2.94. The average molecular weight is 496 g/mol. The fourth-order valence-electron chi connectivity index (χ4n) is 5.10. The maximum atomic E-state index is 12.5. The minimum Gasteiger partial charge on any atom is -0.478 e. The first-order valence-corrected chi connectivity index (χ1v) is 11.3. The second-order valence-corrected chi connectivity index (χ2v) is 10.1. The standard InChI is InChI=1S/C24H25ClF3N3O3/c1-13-8-15(12-23(2,3)11-13)31-20-10-18(25)17(21(32)33)9-19(20)30-22(31)29-14-4-6-16(7-5-14)34-24(26,27)28/h4-7,9-10,13,15H,8,11-12H2,1-3H3,(H,29,30)(H,32,33)/t13-,15?/m0/s1. The molecule has 1 aliphatic carbocycles. The summed E-state index contributed by atoms with van der Waals surface area (Å²) in [5.74, 6) is -0.546. The zero-order valence-electron chi connectivity index (χ0n) is 18.9. The van der Waals surface area contributed by atoms with E-state index in [0.717, 1.165) is 19.3 Å². The number of alkyl halides is 3. The second-order valence-electron chi connectivity index (χ2n) is 9.70. The Kier molecular flexibility index (Phi) is 6.18. The molecule has 0 radical (unpaired) electrons. The largest absolute Gasteiger partial charge is 0.573 e. The first kappa shape index (κ1) is 24.2. The van der Waals surface area contributed by atoms with Gasteiger partial charge in [-0.3, -0.25) is 0 Å². The van der Waals surface area contributed by atoms with E-state index < -0.39 is 12.3 Å². The molecule has 34 heavy (non-hydrogen) atoms. The van der Waals surface area contributed by atoms with Crippen LogP contribution in [0.15, 0.2) is 36.4 Å². The molecule has 0 aliphatic heterocycles. The molecule has 0 amide bonds. The van der Waals surface area contributed by atoms with Gasteiger partial charge in [0.2, 0.25) is 5.95 Å². The lowest BCUT2D eigenvalue weighted by atomic mass is 9.70. The summed E-state index contributed by atoms with van der Waals surface area (Å²) in [6.07, 6.45) is -1.90. The van der Waals surface area contributed by atoms with Crippen LogP contribution in [0, 0.1) is 11.3 Å². The summed E-state index contributed by atoms with van der Waals surface area (Å²) in [5, 5.41) is 12.8. The summed E-state index contributed by atoms with van der Waals surface area (Å²) >= 11 is 6.29. The molecular weight excluding hydrogens is 471 g/mol. The van der Waals surface area contributed by atoms with E-state index in [1.807, 2.05) is 4.57 Å². The van der Waals surface area contributed by atoms with Crippen molar-refractivity contribution in [2.75, 3.05) is 5.32 Å². The van der Waals surface area contributed by atoms with Gasteiger partial charge >= 0.3 is 12.3 Å². The lowest BCUT2D eigenvalue weighted by molar-refractivity contribution is -0.274. The van der Waals surface area contributed by atoms with E-state index in [2.05, 4.69) is 35.8 Å². The highest BCUT2D eigenvalue weighted by molar-refractivity contribution is 6.34. The van der Waals surface area contributed by atoms with Crippen molar-refractivity contribution in [3.05, 3.63) is 47.0 Å². The minimum atomic E-state index is -4.77. The normalized spacial score (nSPS) is 20.3. The predicted octanol–water partition coefficient (Wildman–Crippen LogP) is 7.42. The molecule has 182 valence electrons. The van der Waals surface area contributed by atoms with Gasteiger partial charge < -0.3 is 19.7 Å². The molecule has 0 bridgehead atoms. The summed E-state index contributed by atoms with van der Waals surface area (Å²) in [6.45, 7) is 6.64. The molecule has 4 rings (SSSR count). The number of rotatable bonds is 5. The number of aromatic nitrogens is 2. The van der Waals surface area contributed by atoms with Crippen LogP contribution in [0.4, 0.5) is 24.8 Å². The van der Waals surface area contributed by atoms with E-state index in [9.17, 15) is 23.1 Å². The Morgan fingerprint density at radius 3 is 2.50 bits per heavy atom. The Balaban J connectivity index is 1.77. The number of fused-ring (bicyclic) bond motifs is 1. The number of anilines is 2. The monoisotopic (exact) mass is 495 g/mol. The van der Waals surface area contributed by atoms with E-state index in [0.29, 0.717) is 28.6 Å². The smallest absolute Gasteiger partial charge is 0.478 e. The molecule has 1 aromatic heterocycles. The van der Waals surface area contributed by atoms with Gasteiger partial charge in [-0.25, -0.2) is 9.78 Å². The number of hydrogen-bond donors (Lipinski definition) is 2. The van der Waals surface area contributed by atoms with Gasteiger partial charge in [-0.15, -0.1) is 13.2 Å². The van der Waals surface area contributed by atoms with Crippen molar-refractivity contribution < 1.29 is 27.8 Å². The number of nitrogens with one attached hydrogen (secondary N) is 1. The molecule has 10 heteroatoms. The number of aromatic carboxylic acids is 1. The summed E-state index contributed by atoms with van der Waals surface area (Å²) in [6, 6.07) is 8.50. The van der Waals surface area contributed by atoms with Gasteiger partial charge in [0.15, 0.2) is 0 Å². The SMILES string of the molecule is C[C@H]1CC(n2c(Nc3ccc(OC(F)(F)F)cc3)nc3cc(C(=O)O)c(Cl)cc32)CC(C)(C)C1. The Morgan fingerprint density at radius 2 is 1.91 bits per heavy atom. The number of ether oxygens (including phenoxy) is 1. The Bertz CT molecular complexity index is 1220. The third-order valence-electron chi connectivity index (χ3n) is 6.08. The van der Waals surface area contributed by atoms with Crippen LogP contribution in [0.1, 0.15) is 56.4 Å². The van der Waals surface area contributed by atoms with Gasteiger partial charge in [0.1, 0.15) is 5.75 Å². The average Bonchev–Trinajstić information content (AvgIpc) is 3.02. The maximum absolute atomic E-state index is 12.5. The number of benzene rings is 2. The third kappa shape index (κ3) is 5.24. The number of imidazole rings is 1. The van der Waals surface area contributed by atoms with Crippen molar-refractivity contribution in [1.29, 1.82) is 0 Å². The number of carbonyl (C=O) groups is 1. The fraction of sp³-hybridized carbons (Fsp3) is 0.417. The number of nitrogens with zero attached hydrogens (tertiary/aromatic N) is 2. The van der Waals surface area contributed by atoms with Gasteiger partial charge in [-0.05, 0) is 67.0 Å². The molecule has 2 aromatic carbocycles. The van der Waals surface area contributed by atoms with Crippen molar-refractivity contribution in [2.45, 2.75) is 52.4 Å². The Labute approximate surface area is 199 Å². The van der Waals surface area contributed by atoms with E-state index in [4.69, 9.17) is 11.6 Å². The summed E-state index contributed by atoms with van der Waals surface area (Å²) < 4.78 is 43.4. The van der Waals surface area contributed by atoms with Crippen LogP contribution in [0.25, 0.3) is 11.0 Å². The van der Waals surface area contributed by atoms with Crippen molar-refractivity contribution in [2.24, 2.45) is 11.3 Å². The van der Waals surface area contributed by atoms with E-state index in [-0.39, 0.29) is 27.8 Å². The van der Waals surface area contributed by atoms with E-state index in [1.54, 1.807) is 6.07 Å². The quantitative estimate of drug-likeness (QED) is 0.385. The molecule has 1 fully saturated rings. The minimum absolute atomic E-state index is 0.0450. The van der Waals surface area contributed by atoms with Crippen LogP contribution in [-0.4, -0.2) is 27.0 Å². The number of hydrogen-bond acceptors (Lipinski definition) is 4. The van der Waals surface area contributed by atoms with Gasteiger partial charge in [0.05, 0.1) is 21.6 Å². The second kappa shape index (κ2) is 8.69. The highest BCUT2D eigenvalue weighted by Gasteiger charge is 2.35. The van der Waals surface area contributed by atoms with Crippen LogP contribution in [0.2, 0.25) is 5.02 Å². The zero-order chi connectivity index (χ0) is 24.8. The van der Waals surface area contributed by atoms with Crippen molar-refractivity contribution in [1.82, 2.24) is 9.55 Å². The van der Waals surface area contributed by atoms with Crippen molar-refractivity contribution in [3.63, 3.8) is 0 Å². The molecular formula is C24H25ClF3N3O3. The van der Waals surface area contributed by atoms with E-state index >= 15 is 0 Å². The molecule has 0 saturated heterocycles. The molecule has 1 unspecified atom stereocenters. The Morgan fingerprint density at radius 1 is 1.24 bits per heavy atom. The van der Waals surface area contributed by atoms with E-state index in [1.165, 1.54) is 30.3 Å². The highest BCUT2D eigenvalue weighted by Crippen LogP contribution is 2.46. The fourth-order valence-corrected chi connectivity index (χ4v) is 5.34. The van der Waals surface area contributed by atoms with Crippen molar-refractivity contribution in [3.8, 4) is 5.75 Å². The lowest BCUT2D eigenvalue weighted by Gasteiger charge is -2.40. The summed E-state index contributed by atoms with van der Waals surface area (Å²) in [5.41, 5.74) is 1.73. The molecule has 3 aromatic rings. The topological polar surface area (TPSA) is 76.4 Å². The van der Waals surface area contributed by atoms with Crippen molar-refractivity contribution >= 4 is 40.2 Å². The molecule has 2 atom stereocenters. The van der Waals surface area contributed by atoms with Crippen LogP contribution in [0.3, 0.4) is 0 Å². The number of carboxylic acid groups (broad SMARTS) is 1. The lowest BCUT2D eigenvalue weighted by Crippen LogP contribution is -2.29. The van der Waals surface area contributed by atoms with Crippen LogP contribution in [-0.2, 0) is 0 Å². The van der Waals surface area contributed by atoms with Gasteiger partial charge in [-0.1, -0.05) is 32.4 Å². The van der Waals surface area contributed by atoms with Gasteiger partial charge in [-0.2, -0.15) is 0 Å². The molecule has 1 aliphatic rings. The number of carboxylic acids is 1. The van der Waals surface area contributed by atoms with Gasteiger partial charge in [0.25, 0.3) is 0 Å². The molecule has 1 saturated carbocycles. The third-order valence-corrected chi connectivity index (χ3v) is 6.39. The van der Waals surface area contributed by atoms with Crippen LogP contribution in [0.5, 0.6) is 5.75 Å². The first-order chi connectivity index (χ1) is 15.8. The number of halogens is 4. The molecule has 1 heterocycles. The van der Waals surface area contributed by atoms with Gasteiger partial charge in [0, 0.05) is 11.7 Å². The molecule has 0 spiro atoms.